The predicted octanol–water partition coefficient (Wildman–Crippen LogP) is -0.736. The van der Waals surface area contributed by atoms with E-state index in [4.69, 9.17) is 9.84 Å². The zero-order chi connectivity index (χ0) is 22.1. The molecule has 162 valence electrons. The average molecular weight is 412 g/mol. The molecule has 0 aromatic carbocycles. The van der Waals surface area contributed by atoms with Gasteiger partial charge in [-0.15, -0.1) is 0 Å². The lowest BCUT2D eigenvalue weighted by molar-refractivity contribution is -0.189. The van der Waals surface area contributed by atoms with Crippen LogP contribution in [-0.2, 0) is 23.9 Å². The molecular weight excluding hydrogens is 384 g/mol. The van der Waals surface area contributed by atoms with Crippen LogP contribution < -0.4 is 0 Å². The number of hydrogen-bond donors (Lipinski definition) is 4. The summed E-state index contributed by atoms with van der Waals surface area (Å²) in [6, 6.07) is 0. The molecule has 0 heterocycles. The summed E-state index contributed by atoms with van der Waals surface area (Å²) in [7, 11) is 1.13. The molecule has 0 amide bonds. The van der Waals surface area contributed by atoms with Crippen molar-refractivity contribution < 1.29 is 44.3 Å². The van der Waals surface area contributed by atoms with Gasteiger partial charge in [0, 0.05) is 17.4 Å². The summed E-state index contributed by atoms with van der Waals surface area (Å²) in [5, 5.41) is 40.2. The summed E-state index contributed by atoms with van der Waals surface area (Å²) in [6.45, 7) is 7.92. The van der Waals surface area contributed by atoms with Crippen molar-refractivity contribution in [2.24, 2.45) is 17.3 Å². The van der Waals surface area contributed by atoms with Crippen molar-refractivity contribution in [2.45, 2.75) is 50.6 Å². The third-order valence-corrected chi connectivity index (χ3v) is 6.18. The Labute approximate surface area is 168 Å². The van der Waals surface area contributed by atoms with Gasteiger partial charge in [0.25, 0.3) is 0 Å². The first-order chi connectivity index (χ1) is 13.5. The van der Waals surface area contributed by atoms with Gasteiger partial charge in [-0.25, -0.2) is 9.59 Å². The van der Waals surface area contributed by atoms with E-state index in [1.165, 1.54) is 0 Å². The fourth-order valence-corrected chi connectivity index (χ4v) is 4.44. The second-order valence-corrected chi connectivity index (χ2v) is 7.91. The van der Waals surface area contributed by atoms with Crippen molar-refractivity contribution in [3.63, 3.8) is 0 Å². The van der Waals surface area contributed by atoms with Crippen molar-refractivity contribution in [3.8, 4) is 0 Å². The van der Waals surface area contributed by atoms with E-state index in [0.29, 0.717) is 0 Å². The maximum atomic E-state index is 12.6. The molecule has 9 heteroatoms. The molecule has 7 atom stereocenters. The Morgan fingerprint density at radius 1 is 1.28 bits per heavy atom. The second-order valence-electron chi connectivity index (χ2n) is 7.91. The Morgan fingerprint density at radius 3 is 2.45 bits per heavy atom. The van der Waals surface area contributed by atoms with Gasteiger partial charge in [-0.2, -0.15) is 0 Å². The Hall–Kier alpha value is -2.07. The smallest absolute Gasteiger partial charge is 0.336 e. The highest BCUT2D eigenvalue weighted by atomic mass is 16.5. The van der Waals surface area contributed by atoms with Crippen LogP contribution in [0.5, 0.6) is 0 Å². The summed E-state index contributed by atoms with van der Waals surface area (Å²) >= 11 is 0. The second kappa shape index (κ2) is 8.74. The Bertz CT molecular complexity index is 715. The van der Waals surface area contributed by atoms with Gasteiger partial charge in [-0.1, -0.05) is 20.1 Å². The lowest BCUT2D eigenvalue weighted by Gasteiger charge is -2.54. The normalized spacial score (nSPS) is 35.2. The molecule has 2 aliphatic rings. The third-order valence-electron chi connectivity index (χ3n) is 6.18. The van der Waals surface area contributed by atoms with Crippen LogP contribution in [0.1, 0.15) is 26.2 Å². The average Bonchev–Trinajstić information content (AvgIpc) is 2.68. The van der Waals surface area contributed by atoms with E-state index >= 15 is 0 Å². The van der Waals surface area contributed by atoms with E-state index in [1.807, 2.05) is 0 Å². The molecule has 0 unspecified atom stereocenters. The first kappa shape index (κ1) is 23.2. The molecule has 9 nitrogen and oxygen atoms in total. The minimum atomic E-state index is -1.54. The molecule has 0 aromatic rings. The van der Waals surface area contributed by atoms with E-state index < -0.39 is 65.8 Å². The van der Waals surface area contributed by atoms with Gasteiger partial charge < -0.3 is 29.9 Å². The Kier molecular flexibility index (Phi) is 7.00. The molecule has 0 spiro atoms. The fourth-order valence-electron chi connectivity index (χ4n) is 4.44. The number of aliphatic hydroxyl groups is 4. The minimum Gasteiger partial charge on any atom is -0.466 e. The molecule has 0 radical (unpaired) electrons. The number of carbonyl (C=O) groups excluding carboxylic acids is 3. The Morgan fingerprint density at radius 2 is 1.90 bits per heavy atom. The predicted molar refractivity (Wildman–Crippen MR) is 99.2 cm³/mol. The molecule has 0 aliphatic heterocycles. The number of ketones is 1. The fraction of sp³-hybridized carbons (Fsp3) is 0.650. The minimum absolute atomic E-state index is 0.0312. The van der Waals surface area contributed by atoms with Crippen LogP contribution in [0, 0.1) is 17.3 Å². The van der Waals surface area contributed by atoms with Crippen molar-refractivity contribution in [1.82, 2.24) is 0 Å². The highest BCUT2D eigenvalue weighted by Crippen LogP contribution is 2.52. The van der Waals surface area contributed by atoms with Crippen LogP contribution in [0.2, 0.25) is 0 Å². The van der Waals surface area contributed by atoms with Crippen LogP contribution in [0.25, 0.3) is 0 Å². The molecule has 2 saturated carbocycles. The number of hydrogen-bond acceptors (Lipinski definition) is 9. The molecule has 0 bridgehead atoms. The van der Waals surface area contributed by atoms with Gasteiger partial charge in [0.05, 0.1) is 43.3 Å². The van der Waals surface area contributed by atoms with Gasteiger partial charge in [-0.05, 0) is 12.8 Å². The van der Waals surface area contributed by atoms with Crippen molar-refractivity contribution in [3.05, 3.63) is 24.3 Å². The van der Waals surface area contributed by atoms with E-state index in [9.17, 15) is 29.7 Å². The molecular formula is C20H28O9. The molecule has 4 N–H and O–H groups in total. The van der Waals surface area contributed by atoms with E-state index in [2.05, 4.69) is 17.9 Å². The van der Waals surface area contributed by atoms with Gasteiger partial charge in [-0.3, -0.25) is 4.79 Å². The highest BCUT2D eigenvalue weighted by molar-refractivity contribution is 5.91. The summed E-state index contributed by atoms with van der Waals surface area (Å²) < 4.78 is 10.1. The largest absolute Gasteiger partial charge is 0.466 e. The molecule has 2 fully saturated rings. The first-order valence-corrected chi connectivity index (χ1v) is 9.34. The van der Waals surface area contributed by atoms with Gasteiger partial charge in [0.1, 0.15) is 18.0 Å². The van der Waals surface area contributed by atoms with Crippen molar-refractivity contribution >= 4 is 17.7 Å². The number of methoxy groups -OCH3 is 1. The van der Waals surface area contributed by atoms with Crippen LogP contribution >= 0.6 is 0 Å². The van der Waals surface area contributed by atoms with E-state index in [0.717, 1.165) is 7.11 Å². The molecule has 29 heavy (non-hydrogen) atoms. The van der Waals surface area contributed by atoms with E-state index in [1.54, 1.807) is 6.92 Å². The number of fused-ring (bicyclic) bond motifs is 1. The van der Waals surface area contributed by atoms with Gasteiger partial charge in [0.2, 0.25) is 0 Å². The number of ether oxygens (including phenoxy) is 2. The first-order valence-electron chi connectivity index (χ1n) is 9.34. The number of rotatable bonds is 6. The van der Waals surface area contributed by atoms with Gasteiger partial charge in [0.15, 0.2) is 0 Å². The van der Waals surface area contributed by atoms with Crippen molar-refractivity contribution in [1.29, 1.82) is 0 Å². The number of Topliss-reactive ketones (excluding diaryl/α,β-unsaturated/α-hetero) is 1. The van der Waals surface area contributed by atoms with Crippen LogP contribution in [0.4, 0.5) is 0 Å². The van der Waals surface area contributed by atoms with Crippen LogP contribution in [0.15, 0.2) is 24.3 Å². The Balaban J connectivity index is 2.42. The summed E-state index contributed by atoms with van der Waals surface area (Å²) in [5.41, 5.74) is -1.68. The standard InChI is InChI=1S/C20H28O9/c1-9(12(23)8-21)19(27)29-13-7-20(3)14(24)6-5-11(22)16(20)17(25)15(13)10(2)18(26)28-4/h12-17,21,23-25H,1-2,5-8H2,3-4H3/t12-,13+,14+,15+,16+,17+,20-/m1/s1. The topological polar surface area (TPSA) is 151 Å². The zero-order valence-corrected chi connectivity index (χ0v) is 16.5. The third kappa shape index (κ3) is 4.13. The lowest BCUT2D eigenvalue weighted by atomic mass is 9.53. The lowest BCUT2D eigenvalue weighted by Crippen LogP contribution is -2.62. The summed E-state index contributed by atoms with van der Waals surface area (Å²) in [6.07, 6.45) is -4.80. The van der Waals surface area contributed by atoms with Crippen LogP contribution in [-0.4, -0.2) is 76.3 Å². The van der Waals surface area contributed by atoms with Crippen LogP contribution in [0.3, 0.4) is 0 Å². The molecule has 2 rings (SSSR count). The van der Waals surface area contributed by atoms with E-state index in [-0.39, 0.29) is 30.6 Å². The SMILES string of the molecule is C=C(C(=O)OC)[C@@H]1[C@H](O)[C@@H]2C(=O)CC[C@H](O)[C@@]2(C)C[C@@H]1OC(=O)C(=C)[C@H](O)CO. The van der Waals surface area contributed by atoms with Gasteiger partial charge >= 0.3 is 11.9 Å². The van der Waals surface area contributed by atoms with Crippen molar-refractivity contribution in [2.75, 3.05) is 13.7 Å². The summed E-state index contributed by atoms with van der Waals surface area (Å²) in [4.78, 5) is 37.0. The maximum Gasteiger partial charge on any atom is 0.336 e. The highest BCUT2D eigenvalue weighted by Gasteiger charge is 2.60. The summed E-state index contributed by atoms with van der Waals surface area (Å²) in [5.74, 6) is -4.25. The molecule has 2 aliphatic carbocycles. The number of aliphatic hydroxyl groups excluding tert-OH is 4. The zero-order valence-electron chi connectivity index (χ0n) is 16.5. The number of carbonyl (C=O) groups is 3. The molecule has 0 aromatic heterocycles. The molecule has 0 saturated heterocycles. The maximum absolute atomic E-state index is 12.6. The quantitative estimate of drug-likeness (QED) is 0.327. The number of esters is 2. The monoisotopic (exact) mass is 412 g/mol.